The minimum Gasteiger partial charge on any atom is -0.495 e. The van der Waals surface area contributed by atoms with Gasteiger partial charge < -0.3 is 10.1 Å². The number of aryl methyl sites for hydroxylation is 2. The van der Waals surface area contributed by atoms with E-state index in [2.05, 4.69) is 10.3 Å². The zero-order valence-corrected chi connectivity index (χ0v) is 13.4. The van der Waals surface area contributed by atoms with E-state index in [0.29, 0.717) is 22.7 Å². The number of nitrogens with one attached hydrogen (secondary N) is 1. The molecule has 23 heavy (non-hydrogen) atoms. The van der Waals surface area contributed by atoms with Gasteiger partial charge in [-0.1, -0.05) is 30.3 Å². The lowest BCUT2D eigenvalue weighted by Gasteiger charge is -2.14. The van der Waals surface area contributed by atoms with Crippen LogP contribution < -0.4 is 10.1 Å². The van der Waals surface area contributed by atoms with Crippen molar-refractivity contribution in [2.45, 2.75) is 13.8 Å². The van der Waals surface area contributed by atoms with Crippen LogP contribution >= 0.6 is 0 Å². The topological polar surface area (TPSA) is 51.2 Å². The number of carbonyl (C=O) groups is 1. The standard InChI is InChI=1S/C19H18N2O2/c1-12-14-8-4-5-9-15(14)20-13(2)18(12)19(22)21-16-10-6-7-11-17(16)23-3/h4-11H,1-3H3,(H,21,22). The molecule has 1 N–H and O–H groups in total. The molecule has 3 rings (SSSR count). The molecule has 1 amide bonds. The van der Waals surface area contributed by atoms with Crippen molar-refractivity contribution in [2.75, 3.05) is 12.4 Å². The molecular formula is C19H18N2O2. The predicted molar refractivity (Wildman–Crippen MR) is 92.2 cm³/mol. The van der Waals surface area contributed by atoms with Crippen molar-refractivity contribution < 1.29 is 9.53 Å². The third-order valence-electron chi connectivity index (χ3n) is 3.92. The second-order valence-corrected chi connectivity index (χ2v) is 5.37. The molecule has 0 spiro atoms. The first-order valence-corrected chi connectivity index (χ1v) is 7.42. The number of pyridine rings is 1. The normalized spacial score (nSPS) is 10.6. The molecule has 0 radical (unpaired) electrons. The van der Waals surface area contributed by atoms with Crippen LogP contribution in [0.2, 0.25) is 0 Å². The van der Waals surface area contributed by atoms with Gasteiger partial charge in [-0.3, -0.25) is 9.78 Å². The van der Waals surface area contributed by atoms with Gasteiger partial charge in [0.15, 0.2) is 0 Å². The molecule has 0 atom stereocenters. The first-order valence-electron chi connectivity index (χ1n) is 7.42. The van der Waals surface area contributed by atoms with Crippen molar-refractivity contribution in [3.8, 4) is 5.75 Å². The van der Waals surface area contributed by atoms with Gasteiger partial charge in [0.2, 0.25) is 0 Å². The summed E-state index contributed by atoms with van der Waals surface area (Å²) >= 11 is 0. The summed E-state index contributed by atoms with van der Waals surface area (Å²) in [6.07, 6.45) is 0. The average Bonchev–Trinajstić information content (AvgIpc) is 2.55. The first-order chi connectivity index (χ1) is 11.1. The lowest BCUT2D eigenvalue weighted by Crippen LogP contribution is -2.16. The number of benzene rings is 2. The molecule has 4 nitrogen and oxygen atoms in total. The largest absolute Gasteiger partial charge is 0.495 e. The number of hydrogen-bond acceptors (Lipinski definition) is 3. The summed E-state index contributed by atoms with van der Waals surface area (Å²) in [5.41, 5.74) is 3.80. The van der Waals surface area contributed by atoms with Crippen LogP contribution in [0.4, 0.5) is 5.69 Å². The van der Waals surface area contributed by atoms with Crippen LogP contribution in [0.3, 0.4) is 0 Å². The van der Waals surface area contributed by atoms with E-state index in [4.69, 9.17) is 4.74 Å². The maximum atomic E-state index is 12.8. The van der Waals surface area contributed by atoms with Gasteiger partial charge in [-0.25, -0.2) is 0 Å². The summed E-state index contributed by atoms with van der Waals surface area (Å²) in [7, 11) is 1.58. The number of aromatic nitrogens is 1. The van der Waals surface area contributed by atoms with E-state index in [-0.39, 0.29) is 5.91 Å². The first kappa shape index (κ1) is 15.0. The lowest BCUT2D eigenvalue weighted by atomic mass is 10.0. The van der Waals surface area contributed by atoms with Crippen LogP contribution in [-0.4, -0.2) is 18.0 Å². The smallest absolute Gasteiger partial charge is 0.257 e. The fourth-order valence-electron chi connectivity index (χ4n) is 2.80. The molecule has 0 bridgehead atoms. The number of ether oxygens (including phenoxy) is 1. The molecule has 116 valence electrons. The number of amides is 1. The molecule has 0 aliphatic heterocycles. The van der Waals surface area contributed by atoms with Crippen molar-refractivity contribution in [1.29, 1.82) is 0 Å². The fraction of sp³-hybridized carbons (Fsp3) is 0.158. The third-order valence-corrected chi connectivity index (χ3v) is 3.92. The van der Waals surface area contributed by atoms with Crippen molar-refractivity contribution in [2.24, 2.45) is 0 Å². The van der Waals surface area contributed by atoms with Gasteiger partial charge in [-0.15, -0.1) is 0 Å². The van der Waals surface area contributed by atoms with E-state index in [0.717, 1.165) is 16.5 Å². The van der Waals surface area contributed by atoms with Gasteiger partial charge >= 0.3 is 0 Å². The van der Waals surface area contributed by atoms with Gasteiger partial charge in [0.1, 0.15) is 5.75 Å². The van der Waals surface area contributed by atoms with Crippen LogP contribution in [0.5, 0.6) is 5.75 Å². The Bertz CT molecular complexity index is 888. The minimum atomic E-state index is -0.178. The average molecular weight is 306 g/mol. The van der Waals surface area contributed by atoms with Crippen LogP contribution in [0.25, 0.3) is 10.9 Å². The molecule has 4 heteroatoms. The molecule has 3 aromatic rings. The van der Waals surface area contributed by atoms with E-state index < -0.39 is 0 Å². The Hall–Kier alpha value is -2.88. The second-order valence-electron chi connectivity index (χ2n) is 5.37. The predicted octanol–water partition coefficient (Wildman–Crippen LogP) is 4.11. The molecule has 2 aromatic carbocycles. The Balaban J connectivity index is 2.04. The second kappa shape index (κ2) is 6.08. The Morgan fingerprint density at radius 3 is 2.52 bits per heavy atom. The van der Waals surface area contributed by atoms with Crippen LogP contribution in [-0.2, 0) is 0 Å². The number of rotatable bonds is 3. The number of hydrogen-bond donors (Lipinski definition) is 1. The Morgan fingerprint density at radius 2 is 1.74 bits per heavy atom. The molecule has 0 saturated heterocycles. The Labute approximate surface area is 135 Å². The highest BCUT2D eigenvalue weighted by atomic mass is 16.5. The monoisotopic (exact) mass is 306 g/mol. The fourth-order valence-corrected chi connectivity index (χ4v) is 2.80. The summed E-state index contributed by atoms with van der Waals surface area (Å²) in [6.45, 7) is 3.81. The number of methoxy groups -OCH3 is 1. The van der Waals surface area contributed by atoms with Gasteiger partial charge in [-0.05, 0) is 37.6 Å². The number of carbonyl (C=O) groups excluding carboxylic acids is 1. The maximum Gasteiger partial charge on any atom is 0.257 e. The number of anilines is 1. The highest BCUT2D eigenvalue weighted by Crippen LogP contribution is 2.26. The molecule has 1 aromatic heterocycles. The van der Waals surface area contributed by atoms with E-state index in [9.17, 15) is 4.79 Å². The van der Waals surface area contributed by atoms with Crippen molar-refractivity contribution in [3.05, 3.63) is 65.4 Å². The summed E-state index contributed by atoms with van der Waals surface area (Å²) in [5.74, 6) is 0.452. The quantitative estimate of drug-likeness (QED) is 0.792. The number of fused-ring (bicyclic) bond motifs is 1. The van der Waals surface area contributed by atoms with Crippen LogP contribution in [0, 0.1) is 13.8 Å². The summed E-state index contributed by atoms with van der Waals surface area (Å²) in [4.78, 5) is 17.3. The van der Waals surface area contributed by atoms with E-state index in [1.807, 2.05) is 62.4 Å². The van der Waals surface area contributed by atoms with Gasteiger partial charge in [-0.2, -0.15) is 0 Å². The van der Waals surface area contributed by atoms with Crippen LogP contribution in [0.1, 0.15) is 21.6 Å². The van der Waals surface area contributed by atoms with Gasteiger partial charge in [0, 0.05) is 5.39 Å². The lowest BCUT2D eigenvalue weighted by molar-refractivity contribution is 0.102. The zero-order valence-electron chi connectivity index (χ0n) is 13.4. The molecule has 0 aliphatic rings. The zero-order chi connectivity index (χ0) is 16.4. The molecule has 0 unspecified atom stereocenters. The Morgan fingerprint density at radius 1 is 1.04 bits per heavy atom. The highest BCUT2D eigenvalue weighted by Gasteiger charge is 2.17. The molecular weight excluding hydrogens is 288 g/mol. The van der Waals surface area contributed by atoms with Gasteiger partial charge in [0.25, 0.3) is 5.91 Å². The van der Waals surface area contributed by atoms with Gasteiger partial charge in [0.05, 0.1) is 29.6 Å². The van der Waals surface area contributed by atoms with E-state index in [1.54, 1.807) is 7.11 Å². The summed E-state index contributed by atoms with van der Waals surface area (Å²) in [6, 6.07) is 15.2. The van der Waals surface area contributed by atoms with Crippen molar-refractivity contribution in [1.82, 2.24) is 4.98 Å². The molecule has 1 heterocycles. The Kier molecular flexibility index (Phi) is 3.98. The minimum absolute atomic E-state index is 0.178. The van der Waals surface area contributed by atoms with E-state index >= 15 is 0 Å². The van der Waals surface area contributed by atoms with E-state index in [1.165, 1.54) is 0 Å². The SMILES string of the molecule is COc1ccccc1NC(=O)c1c(C)nc2ccccc2c1C. The van der Waals surface area contributed by atoms with Crippen LogP contribution in [0.15, 0.2) is 48.5 Å². The molecule has 0 aliphatic carbocycles. The molecule has 0 saturated carbocycles. The number of para-hydroxylation sites is 3. The highest BCUT2D eigenvalue weighted by molar-refractivity contribution is 6.09. The maximum absolute atomic E-state index is 12.8. The molecule has 0 fully saturated rings. The third kappa shape index (κ3) is 2.75. The number of nitrogens with zero attached hydrogens (tertiary/aromatic N) is 1. The summed E-state index contributed by atoms with van der Waals surface area (Å²) < 4.78 is 5.28. The van der Waals surface area contributed by atoms with Crippen molar-refractivity contribution in [3.63, 3.8) is 0 Å². The summed E-state index contributed by atoms with van der Waals surface area (Å²) in [5, 5.41) is 3.91. The van der Waals surface area contributed by atoms with Crippen molar-refractivity contribution >= 4 is 22.5 Å².